The summed E-state index contributed by atoms with van der Waals surface area (Å²) in [6, 6.07) is 9.63. The van der Waals surface area contributed by atoms with E-state index >= 15 is 0 Å². The second kappa shape index (κ2) is 5.46. The Morgan fingerprint density at radius 2 is 1.81 bits per heavy atom. The zero-order valence-corrected chi connectivity index (χ0v) is 10.0. The van der Waals surface area contributed by atoms with Crippen LogP contribution in [0.15, 0.2) is 24.3 Å². The number of Topliss-reactive ketones (excluding diaryl/α,β-unsaturated/α-hetero) is 1. The number of carbonyl (C=O) groups is 1. The molecule has 0 saturated carbocycles. The Morgan fingerprint density at radius 1 is 1.25 bits per heavy atom. The van der Waals surface area contributed by atoms with Crippen molar-refractivity contribution in [2.24, 2.45) is 5.92 Å². The molecule has 0 amide bonds. The van der Waals surface area contributed by atoms with Crippen LogP contribution in [-0.2, 0) is 11.2 Å². The van der Waals surface area contributed by atoms with Crippen LogP contribution >= 0.6 is 0 Å². The lowest BCUT2D eigenvalue weighted by atomic mass is 9.94. The Hall–Kier alpha value is -1.62. The van der Waals surface area contributed by atoms with Gasteiger partial charge in [0, 0.05) is 0 Å². The van der Waals surface area contributed by atoms with E-state index in [0.717, 1.165) is 12.0 Å². The van der Waals surface area contributed by atoms with Gasteiger partial charge in [0.05, 0.1) is 5.92 Å². The van der Waals surface area contributed by atoms with Crippen LogP contribution in [0, 0.1) is 17.2 Å². The summed E-state index contributed by atoms with van der Waals surface area (Å²) in [7, 11) is 0. The summed E-state index contributed by atoms with van der Waals surface area (Å²) in [6.07, 6.45) is 1.04. The molecule has 84 valence electrons. The Labute approximate surface area is 96.9 Å². The molecule has 1 atom stereocenters. The van der Waals surface area contributed by atoms with E-state index in [9.17, 15) is 4.79 Å². The second-order valence-electron chi connectivity index (χ2n) is 4.54. The van der Waals surface area contributed by atoms with Crippen LogP contribution in [0.5, 0.6) is 0 Å². The second-order valence-corrected chi connectivity index (χ2v) is 4.54. The molecule has 16 heavy (non-hydrogen) atoms. The lowest BCUT2D eigenvalue weighted by molar-refractivity contribution is -0.115. The van der Waals surface area contributed by atoms with E-state index < -0.39 is 0 Å². The molecule has 0 radical (unpaired) electrons. The summed E-state index contributed by atoms with van der Waals surface area (Å²) in [5.41, 5.74) is 2.19. The molecule has 0 fully saturated rings. The molecule has 0 aliphatic heterocycles. The van der Waals surface area contributed by atoms with E-state index in [4.69, 9.17) is 5.26 Å². The molecule has 1 unspecified atom stereocenters. The number of carbonyl (C=O) groups excluding carboxylic acids is 1. The minimum Gasteiger partial charge on any atom is -0.282 e. The third-order valence-corrected chi connectivity index (χ3v) is 2.63. The fraction of sp³-hybridized carbons (Fsp3) is 0.429. The smallest absolute Gasteiger partial charge is 0.239 e. The van der Waals surface area contributed by atoms with Gasteiger partial charge in [-0.3, -0.25) is 4.79 Å². The molecule has 1 aromatic carbocycles. The monoisotopic (exact) mass is 215 g/mol. The predicted molar refractivity (Wildman–Crippen MR) is 64.0 cm³/mol. The van der Waals surface area contributed by atoms with Crippen LogP contribution in [0.4, 0.5) is 0 Å². The van der Waals surface area contributed by atoms with Gasteiger partial charge in [-0.1, -0.05) is 45.0 Å². The van der Waals surface area contributed by atoms with Crippen molar-refractivity contribution < 1.29 is 4.79 Å². The molecule has 0 saturated heterocycles. The summed E-state index contributed by atoms with van der Waals surface area (Å²) in [5.74, 6) is -0.0706. The van der Waals surface area contributed by atoms with Crippen LogP contribution < -0.4 is 0 Å². The van der Waals surface area contributed by atoms with Gasteiger partial charge in [-0.25, -0.2) is 0 Å². The Morgan fingerprint density at radius 3 is 2.25 bits per heavy atom. The lowest BCUT2D eigenvalue weighted by Gasteiger charge is -2.09. The highest BCUT2D eigenvalue weighted by Gasteiger charge is 2.13. The van der Waals surface area contributed by atoms with Gasteiger partial charge >= 0.3 is 0 Å². The van der Waals surface area contributed by atoms with E-state index in [0.29, 0.717) is 5.92 Å². The van der Waals surface area contributed by atoms with Crippen molar-refractivity contribution in [3.63, 3.8) is 0 Å². The number of hydrogen-bond acceptors (Lipinski definition) is 2. The maximum atomic E-state index is 11.2. The zero-order chi connectivity index (χ0) is 12.1. The Balaban J connectivity index is 2.79. The number of hydrogen-bond donors (Lipinski definition) is 0. The molecule has 1 rings (SSSR count). The molecule has 2 heteroatoms. The first-order valence-electron chi connectivity index (χ1n) is 5.57. The third-order valence-electron chi connectivity index (χ3n) is 2.63. The van der Waals surface area contributed by atoms with Crippen molar-refractivity contribution in [1.29, 1.82) is 5.26 Å². The number of benzene rings is 1. The average Bonchev–Trinajstić information content (AvgIpc) is 2.27. The van der Waals surface area contributed by atoms with E-state index in [1.165, 1.54) is 5.56 Å². The van der Waals surface area contributed by atoms with Gasteiger partial charge in [0.1, 0.15) is 6.07 Å². The predicted octanol–water partition coefficient (Wildman–Crippen LogP) is 3.08. The highest BCUT2D eigenvalue weighted by Crippen LogP contribution is 2.18. The minimum atomic E-state index is -0.378. The highest BCUT2D eigenvalue weighted by molar-refractivity contribution is 5.98. The number of rotatable bonds is 4. The lowest BCUT2D eigenvalue weighted by Crippen LogP contribution is -2.06. The third kappa shape index (κ3) is 3.20. The van der Waals surface area contributed by atoms with Gasteiger partial charge in [-0.05, 0) is 23.5 Å². The van der Waals surface area contributed by atoms with E-state index in [2.05, 4.69) is 13.8 Å². The molecule has 0 bridgehead atoms. The van der Waals surface area contributed by atoms with Crippen molar-refractivity contribution in [2.75, 3.05) is 0 Å². The molecule has 0 N–H and O–H groups in total. The first-order valence-corrected chi connectivity index (χ1v) is 5.57. The van der Waals surface area contributed by atoms with Crippen LogP contribution in [-0.4, -0.2) is 5.78 Å². The van der Waals surface area contributed by atoms with Gasteiger partial charge in [0.2, 0.25) is 5.78 Å². The van der Waals surface area contributed by atoms with Crippen molar-refractivity contribution in [2.45, 2.75) is 33.1 Å². The van der Waals surface area contributed by atoms with Gasteiger partial charge in [-0.15, -0.1) is 0 Å². The molecule has 0 aromatic heterocycles. The van der Waals surface area contributed by atoms with Gasteiger partial charge in [0.25, 0.3) is 0 Å². The van der Waals surface area contributed by atoms with E-state index in [1.807, 2.05) is 24.3 Å². The number of ketones is 1. The number of nitrogens with zero attached hydrogens (tertiary/aromatic N) is 1. The zero-order valence-electron chi connectivity index (χ0n) is 10.0. The molecule has 0 spiro atoms. The van der Waals surface area contributed by atoms with Crippen LogP contribution in [0.2, 0.25) is 0 Å². The fourth-order valence-electron chi connectivity index (χ4n) is 1.66. The van der Waals surface area contributed by atoms with Crippen molar-refractivity contribution in [3.8, 4) is 6.07 Å². The normalized spacial score (nSPS) is 12.2. The van der Waals surface area contributed by atoms with Crippen LogP contribution in [0.1, 0.15) is 37.8 Å². The van der Waals surface area contributed by atoms with E-state index in [1.54, 1.807) is 13.0 Å². The van der Waals surface area contributed by atoms with E-state index in [-0.39, 0.29) is 11.7 Å². The summed E-state index contributed by atoms with van der Waals surface area (Å²) in [6.45, 7) is 6.12. The summed E-state index contributed by atoms with van der Waals surface area (Å²) >= 11 is 0. The maximum Gasteiger partial charge on any atom is 0.239 e. The summed E-state index contributed by atoms with van der Waals surface area (Å²) in [5, 5.41) is 8.54. The summed E-state index contributed by atoms with van der Waals surface area (Å²) < 4.78 is 0. The molecular weight excluding hydrogens is 198 g/mol. The fourth-order valence-corrected chi connectivity index (χ4v) is 1.66. The topological polar surface area (TPSA) is 40.9 Å². The molecular formula is C14H17NO. The number of nitriles is 1. The van der Waals surface area contributed by atoms with Crippen LogP contribution in [0.25, 0.3) is 0 Å². The summed E-state index contributed by atoms with van der Waals surface area (Å²) in [4.78, 5) is 11.2. The molecule has 0 aliphatic rings. The molecule has 1 aromatic rings. The first-order chi connectivity index (χ1) is 7.54. The first kappa shape index (κ1) is 12.4. The largest absolute Gasteiger partial charge is 0.282 e. The minimum absolute atomic E-state index is 0.321. The molecule has 2 nitrogen and oxygen atoms in total. The van der Waals surface area contributed by atoms with Crippen LogP contribution in [0.3, 0.4) is 0 Å². The standard InChI is InChI=1S/C14H17NO/c1-10(2)8-12-4-6-13(7-5-12)11(3)14(16)9-15/h4-7,10-11H,8H2,1-3H3. The highest BCUT2D eigenvalue weighted by atomic mass is 16.1. The molecule has 0 aliphatic carbocycles. The quantitative estimate of drug-likeness (QED) is 0.724. The Kier molecular flexibility index (Phi) is 4.25. The molecule has 0 heterocycles. The van der Waals surface area contributed by atoms with Gasteiger partial charge < -0.3 is 0 Å². The maximum absolute atomic E-state index is 11.2. The van der Waals surface area contributed by atoms with Gasteiger partial charge in [-0.2, -0.15) is 5.26 Å². The van der Waals surface area contributed by atoms with Crippen molar-refractivity contribution in [1.82, 2.24) is 0 Å². The van der Waals surface area contributed by atoms with Gasteiger partial charge in [0.15, 0.2) is 0 Å². The van der Waals surface area contributed by atoms with Crippen molar-refractivity contribution >= 4 is 5.78 Å². The Bertz CT molecular complexity index is 398. The van der Waals surface area contributed by atoms with Crippen molar-refractivity contribution in [3.05, 3.63) is 35.4 Å². The SMILES string of the molecule is CC(C)Cc1ccc(C(C)C(=O)C#N)cc1. The average molecular weight is 215 g/mol.